The van der Waals surface area contributed by atoms with Gasteiger partial charge in [-0.05, 0) is 68.9 Å². The molecule has 2 aromatic carbocycles. The van der Waals surface area contributed by atoms with Gasteiger partial charge in [0.05, 0.1) is 29.3 Å². The van der Waals surface area contributed by atoms with Crippen molar-refractivity contribution in [3.05, 3.63) is 107 Å². The Morgan fingerprint density at radius 1 is 0.800 bits per heavy atom. The van der Waals surface area contributed by atoms with E-state index in [1.807, 2.05) is 104 Å². The first kappa shape index (κ1) is 46.6. The number of para-hydroxylation sites is 2. The Balaban J connectivity index is 1.65. The molecular weight excluding hydrogens is 835 g/mol. The number of esters is 1. The van der Waals surface area contributed by atoms with Crippen molar-refractivity contribution in [1.29, 1.82) is 0 Å². The summed E-state index contributed by atoms with van der Waals surface area (Å²) in [4.78, 5) is 30.2. The van der Waals surface area contributed by atoms with Gasteiger partial charge in [-0.1, -0.05) is 68.5 Å². The number of carbonyl (C=O) groups is 2. The summed E-state index contributed by atoms with van der Waals surface area (Å²) >= 11 is 0. The Bertz CT molecular complexity index is 2520. The van der Waals surface area contributed by atoms with Crippen LogP contribution in [0.15, 0.2) is 95.8 Å². The second-order valence-corrected chi connectivity index (χ2v) is 21.0. The van der Waals surface area contributed by atoms with Crippen LogP contribution in [0.4, 0.5) is 11.4 Å². The molecule has 0 fully saturated rings. The molecule has 1 atom stereocenters. The Morgan fingerprint density at radius 3 is 2.07 bits per heavy atom. The van der Waals surface area contributed by atoms with Crippen LogP contribution in [0.25, 0.3) is 0 Å². The largest absolute Gasteiger partial charge is 0.465 e. The van der Waals surface area contributed by atoms with Crippen LogP contribution in [-0.2, 0) is 55.5 Å². The molecule has 2 aromatic rings. The van der Waals surface area contributed by atoms with Gasteiger partial charge in [0, 0.05) is 54.0 Å². The van der Waals surface area contributed by atoms with E-state index in [-0.39, 0.29) is 45.4 Å². The standard InChI is InChI=1S/C42H53N3O12S3/c1-6-57-39(47)42(38(46)43-21-26-60(54,55)56)28-30(17-19-36-40(2,3)32-13-7-9-15-34(32)44(36)22-11-24-58(48,49)50)27-31(29-42)18-20-37-41(4,5)33-14-8-10-16-35(33)45(37)23-12-25-59(51,52)53/h7-10,13-20,27H,6,11-12,21-26,28-29H2,1-5H3,(H3-,43,46,48,49,50,51,52,53,54,55,56)/p+1. The van der Waals surface area contributed by atoms with Crippen molar-refractivity contribution in [3.63, 3.8) is 0 Å². The fraction of sp³-hybridized carbons (Fsp3) is 0.452. The number of carbonyl (C=O) groups excluding carboxylic acids is 2. The van der Waals surface area contributed by atoms with E-state index in [0.29, 0.717) is 11.1 Å². The van der Waals surface area contributed by atoms with E-state index in [1.54, 1.807) is 19.1 Å². The van der Waals surface area contributed by atoms with Crippen LogP contribution < -0.4 is 10.2 Å². The summed E-state index contributed by atoms with van der Waals surface area (Å²) in [5.41, 5.74) is 3.36. The molecule has 18 heteroatoms. The number of ether oxygens (including phenoxy) is 1. The van der Waals surface area contributed by atoms with Crippen molar-refractivity contribution in [2.75, 3.05) is 48.4 Å². The fourth-order valence-electron chi connectivity index (χ4n) is 8.39. The van der Waals surface area contributed by atoms with Crippen molar-refractivity contribution in [2.24, 2.45) is 5.41 Å². The number of nitrogens with one attached hydrogen (secondary N) is 1. The van der Waals surface area contributed by atoms with E-state index in [2.05, 4.69) is 5.32 Å². The van der Waals surface area contributed by atoms with Crippen LogP contribution in [0.2, 0.25) is 0 Å². The topological polar surface area (TPSA) is 225 Å². The molecule has 5 rings (SSSR count). The molecule has 0 radical (unpaired) electrons. The molecule has 2 aliphatic heterocycles. The Labute approximate surface area is 352 Å². The van der Waals surface area contributed by atoms with Gasteiger partial charge in [0.15, 0.2) is 11.1 Å². The van der Waals surface area contributed by atoms with Gasteiger partial charge in [0.2, 0.25) is 11.6 Å². The average Bonchev–Trinajstić information content (AvgIpc) is 3.49. The number of amides is 1. The summed E-state index contributed by atoms with van der Waals surface area (Å²) in [7, 11) is -12.9. The Hall–Kier alpha value is -4.46. The summed E-state index contributed by atoms with van der Waals surface area (Å²) in [6.45, 7) is 9.71. The molecule has 1 aliphatic carbocycles. The molecule has 15 nitrogen and oxygen atoms in total. The van der Waals surface area contributed by atoms with Gasteiger partial charge in [0.25, 0.3) is 30.4 Å². The maximum atomic E-state index is 14.2. The predicted octanol–water partition coefficient (Wildman–Crippen LogP) is 5.06. The monoisotopic (exact) mass is 888 g/mol. The lowest BCUT2D eigenvalue weighted by molar-refractivity contribution is -0.437. The lowest BCUT2D eigenvalue weighted by Gasteiger charge is -2.34. The Kier molecular flexibility index (Phi) is 13.9. The number of fused-ring (bicyclic) bond motifs is 2. The SMILES string of the molecule is CCOC(=O)C1(C(=O)NCCS(=O)(=O)O)CC(=CC=C2N(CCCS(=O)(=O)O)c3ccccc3C2(C)C)C=C(C=CC2=[N+](CCCS(=O)(=O)O)c3ccccc3C2(C)C)C1. The molecule has 0 saturated carbocycles. The van der Waals surface area contributed by atoms with Crippen molar-refractivity contribution in [1.82, 2.24) is 5.32 Å². The van der Waals surface area contributed by atoms with Crippen LogP contribution in [0.3, 0.4) is 0 Å². The number of hydrogen-bond donors (Lipinski definition) is 4. The maximum Gasteiger partial charge on any atom is 0.322 e. The number of allylic oxidation sites excluding steroid dienone is 8. The van der Waals surface area contributed by atoms with E-state index in [9.17, 15) is 48.5 Å². The molecule has 0 spiro atoms. The highest BCUT2D eigenvalue weighted by molar-refractivity contribution is 7.86. The zero-order chi connectivity index (χ0) is 44.3. The van der Waals surface area contributed by atoms with Gasteiger partial charge in [0.1, 0.15) is 6.54 Å². The van der Waals surface area contributed by atoms with Crippen LogP contribution in [-0.4, -0.2) is 105 Å². The first-order valence-electron chi connectivity index (χ1n) is 19.6. The van der Waals surface area contributed by atoms with Crippen LogP contribution in [0.1, 0.15) is 71.4 Å². The summed E-state index contributed by atoms with van der Waals surface area (Å²) in [5, 5.41) is 2.53. The number of nitrogens with zero attached hydrogens (tertiary/aromatic N) is 2. The molecule has 326 valence electrons. The van der Waals surface area contributed by atoms with Crippen LogP contribution in [0.5, 0.6) is 0 Å². The summed E-state index contributed by atoms with van der Waals surface area (Å²) < 4.78 is 105. The molecule has 0 bridgehead atoms. The first-order valence-corrected chi connectivity index (χ1v) is 24.4. The van der Waals surface area contributed by atoms with E-state index in [0.717, 1.165) is 33.9 Å². The highest BCUT2D eigenvalue weighted by Crippen LogP contribution is 2.48. The normalized spacial score (nSPS) is 21.3. The molecule has 4 N–H and O–H groups in total. The second-order valence-electron chi connectivity index (χ2n) is 16.3. The molecule has 0 saturated heterocycles. The second kappa shape index (κ2) is 17.9. The first-order chi connectivity index (χ1) is 27.9. The van der Waals surface area contributed by atoms with Crippen molar-refractivity contribution in [3.8, 4) is 0 Å². The molecule has 2 heterocycles. The van der Waals surface area contributed by atoms with Gasteiger partial charge in [-0.15, -0.1) is 0 Å². The molecule has 0 aromatic heterocycles. The van der Waals surface area contributed by atoms with Gasteiger partial charge < -0.3 is 15.0 Å². The third kappa shape index (κ3) is 10.7. The van der Waals surface area contributed by atoms with Crippen molar-refractivity contribution < 1.29 is 57.8 Å². The average molecular weight is 889 g/mol. The summed E-state index contributed by atoms with van der Waals surface area (Å²) in [6, 6.07) is 15.4. The van der Waals surface area contributed by atoms with Crippen molar-refractivity contribution >= 4 is 59.3 Å². The predicted molar refractivity (Wildman–Crippen MR) is 229 cm³/mol. The summed E-state index contributed by atoms with van der Waals surface area (Å²) in [6.07, 6.45) is 9.13. The van der Waals surface area contributed by atoms with E-state index < -0.39 is 82.3 Å². The number of anilines is 1. The molecule has 60 heavy (non-hydrogen) atoms. The third-order valence-corrected chi connectivity index (χ3v) is 13.5. The lowest BCUT2D eigenvalue weighted by Crippen LogP contribution is -2.49. The van der Waals surface area contributed by atoms with Crippen molar-refractivity contribution in [2.45, 2.75) is 71.1 Å². The van der Waals surface area contributed by atoms with Crippen LogP contribution >= 0.6 is 0 Å². The number of rotatable bonds is 17. The van der Waals surface area contributed by atoms with E-state index in [4.69, 9.17) is 4.74 Å². The van der Waals surface area contributed by atoms with Gasteiger partial charge >= 0.3 is 5.97 Å². The maximum absolute atomic E-state index is 14.2. The molecular formula is C42H54N3O12S3+. The molecule has 3 aliphatic rings. The zero-order valence-electron chi connectivity index (χ0n) is 34.4. The lowest BCUT2D eigenvalue weighted by atomic mass is 9.70. The minimum atomic E-state index is -4.45. The smallest absolute Gasteiger partial charge is 0.322 e. The Morgan fingerprint density at radius 2 is 1.42 bits per heavy atom. The summed E-state index contributed by atoms with van der Waals surface area (Å²) in [5.74, 6) is -3.28. The van der Waals surface area contributed by atoms with E-state index in [1.165, 1.54) is 0 Å². The van der Waals surface area contributed by atoms with Gasteiger partial charge in [-0.2, -0.15) is 29.8 Å². The minimum absolute atomic E-state index is 0.0509. The number of hydrogen-bond acceptors (Lipinski definition) is 10. The van der Waals surface area contributed by atoms with Gasteiger partial charge in [-0.25, -0.2) is 0 Å². The van der Waals surface area contributed by atoms with Gasteiger partial charge in [-0.3, -0.25) is 23.2 Å². The van der Waals surface area contributed by atoms with Crippen LogP contribution in [0, 0.1) is 5.41 Å². The van der Waals surface area contributed by atoms with E-state index >= 15 is 0 Å². The quantitative estimate of drug-likeness (QED) is 0.0707. The third-order valence-electron chi connectivity index (χ3n) is 11.2. The fourth-order valence-corrected chi connectivity index (χ4v) is 9.74. The minimum Gasteiger partial charge on any atom is -0.465 e. The highest BCUT2D eigenvalue weighted by atomic mass is 32.2. The zero-order valence-corrected chi connectivity index (χ0v) is 36.9. The molecule has 1 amide bonds. The molecule has 1 unspecified atom stereocenters. The highest BCUT2D eigenvalue weighted by Gasteiger charge is 2.50. The number of benzene rings is 2.